The van der Waals surface area contributed by atoms with E-state index in [1.165, 1.54) is 68.5 Å². The molecule has 1 unspecified atom stereocenters. The summed E-state index contributed by atoms with van der Waals surface area (Å²) in [4.78, 5) is 41.2. The molecule has 2 aromatic rings. The fourth-order valence-electron chi connectivity index (χ4n) is 4.49. The van der Waals surface area contributed by atoms with Crippen molar-refractivity contribution in [2.45, 2.75) is 102 Å². The topological polar surface area (TPSA) is 151 Å². The largest absolute Gasteiger partial charge is 0.480 e. The Bertz CT molecular complexity index is 1220. The molecule has 0 aliphatic carbocycles. The predicted molar refractivity (Wildman–Crippen MR) is 167 cm³/mol. The van der Waals surface area contributed by atoms with Crippen molar-refractivity contribution in [1.82, 2.24) is 10.2 Å². The molecule has 0 spiro atoms. The Morgan fingerprint density at radius 3 is 2.05 bits per heavy atom. The molecule has 4 N–H and O–H groups in total. The number of aliphatic carboxylic acids is 1. The fraction of sp³-hybridized carbons (Fsp3) is 0.531. The molecule has 0 bridgehead atoms. The van der Waals surface area contributed by atoms with E-state index in [1.807, 2.05) is 0 Å². The van der Waals surface area contributed by atoms with E-state index in [9.17, 15) is 27.9 Å². The van der Waals surface area contributed by atoms with Crippen molar-refractivity contribution in [2.75, 3.05) is 11.9 Å². The van der Waals surface area contributed by atoms with Gasteiger partial charge in [-0.3, -0.25) is 19.2 Å². The first kappa shape index (κ1) is 35.9. The first-order chi connectivity index (χ1) is 20.6. The maximum Gasteiger partial charge on any atom is 0.326 e. The van der Waals surface area contributed by atoms with Crippen molar-refractivity contribution < 1.29 is 32.7 Å². The van der Waals surface area contributed by atoms with Gasteiger partial charge in [-0.05, 0) is 55.0 Å². The number of hydroxylamine groups is 1. The summed E-state index contributed by atoms with van der Waals surface area (Å²) in [5, 5.41) is 12.3. The molecule has 0 aromatic heterocycles. The number of anilines is 1. The Morgan fingerprint density at radius 2 is 1.42 bits per heavy atom. The SMILES string of the molecule is CCCCCCCC(C)CONC(=O)CCCCCCC(=O)Nc1ccc(S(=O)(=O)N[C@H](C(=O)O)c2ccccc2)cc1. The number of carbonyl (C=O) groups is 3. The van der Waals surface area contributed by atoms with Gasteiger partial charge in [-0.2, -0.15) is 4.72 Å². The van der Waals surface area contributed by atoms with Gasteiger partial charge in [-0.1, -0.05) is 89.1 Å². The van der Waals surface area contributed by atoms with E-state index < -0.39 is 22.0 Å². The number of hydrogen-bond donors (Lipinski definition) is 4. The number of carboxylic acids is 1. The summed E-state index contributed by atoms with van der Waals surface area (Å²) in [5.74, 6) is -1.24. The quantitative estimate of drug-likeness (QED) is 0.0919. The van der Waals surface area contributed by atoms with Gasteiger partial charge in [0, 0.05) is 18.5 Å². The average molecular weight is 618 g/mol. The molecular weight excluding hydrogens is 570 g/mol. The number of carbonyl (C=O) groups excluding carboxylic acids is 2. The van der Waals surface area contributed by atoms with Crippen molar-refractivity contribution in [3.8, 4) is 0 Å². The van der Waals surface area contributed by atoms with Crippen LogP contribution in [0, 0.1) is 5.92 Å². The second kappa shape index (κ2) is 19.8. The maximum absolute atomic E-state index is 12.8. The number of benzene rings is 2. The minimum absolute atomic E-state index is 0.116. The monoisotopic (exact) mass is 617 g/mol. The number of rotatable bonds is 22. The van der Waals surface area contributed by atoms with Gasteiger partial charge in [-0.25, -0.2) is 13.9 Å². The van der Waals surface area contributed by atoms with Crippen LogP contribution in [0.1, 0.15) is 103 Å². The summed E-state index contributed by atoms with van der Waals surface area (Å²) in [6, 6.07) is 12.1. The Hall–Kier alpha value is -3.28. The van der Waals surface area contributed by atoms with Crippen LogP contribution in [0.5, 0.6) is 0 Å². The van der Waals surface area contributed by atoms with E-state index in [2.05, 4.69) is 29.4 Å². The smallest absolute Gasteiger partial charge is 0.326 e. The van der Waals surface area contributed by atoms with Crippen LogP contribution in [-0.2, 0) is 29.2 Å². The third kappa shape index (κ3) is 14.6. The van der Waals surface area contributed by atoms with E-state index in [4.69, 9.17) is 4.84 Å². The van der Waals surface area contributed by atoms with E-state index in [-0.39, 0.29) is 16.7 Å². The van der Waals surface area contributed by atoms with Crippen LogP contribution in [0.2, 0.25) is 0 Å². The molecular formula is C32H47N3O7S. The molecule has 43 heavy (non-hydrogen) atoms. The molecule has 0 aliphatic heterocycles. The van der Waals surface area contributed by atoms with Crippen LogP contribution in [0.25, 0.3) is 0 Å². The second-order valence-corrected chi connectivity index (χ2v) is 12.6. The zero-order valence-corrected chi connectivity index (χ0v) is 26.2. The van der Waals surface area contributed by atoms with E-state index in [1.54, 1.807) is 18.2 Å². The lowest BCUT2D eigenvalue weighted by molar-refractivity contribution is -0.139. The zero-order valence-electron chi connectivity index (χ0n) is 25.3. The number of amides is 2. The van der Waals surface area contributed by atoms with Crippen LogP contribution in [0.3, 0.4) is 0 Å². The fourth-order valence-corrected chi connectivity index (χ4v) is 5.67. The second-order valence-electron chi connectivity index (χ2n) is 10.9. The molecule has 238 valence electrons. The van der Waals surface area contributed by atoms with Gasteiger partial charge in [0.05, 0.1) is 11.5 Å². The van der Waals surface area contributed by atoms with E-state index in [0.29, 0.717) is 49.5 Å². The lowest BCUT2D eigenvalue weighted by Crippen LogP contribution is -2.33. The molecule has 2 amide bonds. The van der Waals surface area contributed by atoms with Gasteiger partial charge in [0.15, 0.2) is 0 Å². The molecule has 0 radical (unpaired) electrons. The molecule has 0 saturated carbocycles. The predicted octanol–water partition coefficient (Wildman–Crippen LogP) is 6.11. The molecule has 0 saturated heterocycles. The highest BCUT2D eigenvalue weighted by Crippen LogP contribution is 2.20. The summed E-state index contributed by atoms with van der Waals surface area (Å²) < 4.78 is 27.8. The molecule has 0 aliphatic rings. The summed E-state index contributed by atoms with van der Waals surface area (Å²) in [5.41, 5.74) is 3.27. The van der Waals surface area contributed by atoms with Crippen LogP contribution in [-0.4, -0.2) is 37.9 Å². The van der Waals surface area contributed by atoms with Crippen LogP contribution in [0.15, 0.2) is 59.5 Å². The molecule has 2 rings (SSSR count). The highest BCUT2D eigenvalue weighted by atomic mass is 32.2. The Labute approximate surface area is 256 Å². The molecule has 2 aromatic carbocycles. The average Bonchev–Trinajstić information content (AvgIpc) is 2.98. The van der Waals surface area contributed by atoms with Crippen molar-refractivity contribution in [3.05, 3.63) is 60.2 Å². The van der Waals surface area contributed by atoms with Crippen LogP contribution < -0.4 is 15.5 Å². The highest BCUT2D eigenvalue weighted by molar-refractivity contribution is 7.89. The standard InChI is InChI=1S/C32H47N3O7S/c1-3-4-5-6-10-15-25(2)24-42-34-30(37)19-14-8-7-13-18-29(36)33-27-20-22-28(23-21-27)43(40,41)35-31(32(38)39)26-16-11-9-12-17-26/h9,11-12,16-17,20-23,25,31,35H,3-8,10,13-15,18-19,24H2,1-2H3,(H,33,36)(H,34,37)(H,38,39)/t25?,31-/m0/s1. The Kier molecular flexibility index (Phi) is 16.6. The first-order valence-electron chi connectivity index (χ1n) is 15.2. The number of sulfonamides is 1. The minimum atomic E-state index is -4.12. The summed E-state index contributed by atoms with van der Waals surface area (Å²) in [6.45, 7) is 4.85. The third-order valence-corrected chi connectivity index (χ3v) is 8.45. The molecule has 2 atom stereocenters. The number of hydrogen-bond acceptors (Lipinski definition) is 6. The van der Waals surface area contributed by atoms with Gasteiger partial charge < -0.3 is 10.4 Å². The van der Waals surface area contributed by atoms with Crippen molar-refractivity contribution >= 4 is 33.5 Å². The minimum Gasteiger partial charge on any atom is -0.480 e. The summed E-state index contributed by atoms with van der Waals surface area (Å²) in [7, 11) is -4.12. The Balaban J connectivity index is 1.61. The molecule has 11 heteroatoms. The lowest BCUT2D eigenvalue weighted by atomic mass is 10.0. The van der Waals surface area contributed by atoms with Gasteiger partial charge in [-0.15, -0.1) is 0 Å². The van der Waals surface area contributed by atoms with Crippen LogP contribution >= 0.6 is 0 Å². The van der Waals surface area contributed by atoms with Gasteiger partial charge in [0.1, 0.15) is 6.04 Å². The van der Waals surface area contributed by atoms with Gasteiger partial charge >= 0.3 is 5.97 Å². The highest BCUT2D eigenvalue weighted by Gasteiger charge is 2.26. The maximum atomic E-state index is 12.8. The van der Waals surface area contributed by atoms with E-state index >= 15 is 0 Å². The van der Waals surface area contributed by atoms with E-state index in [0.717, 1.165) is 19.3 Å². The summed E-state index contributed by atoms with van der Waals surface area (Å²) in [6.07, 6.45) is 11.0. The number of unbranched alkanes of at least 4 members (excludes halogenated alkanes) is 7. The zero-order chi connectivity index (χ0) is 31.5. The molecule has 0 heterocycles. The molecule has 0 fully saturated rings. The third-order valence-electron chi connectivity index (χ3n) is 7.01. The van der Waals surface area contributed by atoms with Crippen molar-refractivity contribution in [3.63, 3.8) is 0 Å². The number of carboxylic acid groups (broad SMARTS) is 1. The number of nitrogens with one attached hydrogen (secondary N) is 3. The lowest BCUT2D eigenvalue weighted by Gasteiger charge is -2.15. The molecule has 10 nitrogen and oxygen atoms in total. The van der Waals surface area contributed by atoms with Crippen molar-refractivity contribution in [2.24, 2.45) is 5.92 Å². The Morgan fingerprint density at radius 1 is 0.814 bits per heavy atom. The van der Waals surface area contributed by atoms with Crippen molar-refractivity contribution in [1.29, 1.82) is 0 Å². The summed E-state index contributed by atoms with van der Waals surface area (Å²) >= 11 is 0. The van der Waals surface area contributed by atoms with Crippen LogP contribution in [0.4, 0.5) is 5.69 Å². The normalized spacial score (nSPS) is 12.8. The first-order valence-corrected chi connectivity index (χ1v) is 16.7. The van der Waals surface area contributed by atoms with Gasteiger partial charge in [0.2, 0.25) is 21.8 Å². The van der Waals surface area contributed by atoms with Gasteiger partial charge in [0.25, 0.3) is 0 Å².